The SMILES string of the molecule is CCN(Cc1cccc(C)n1)C(=O)C1CCCCN1. The van der Waals surface area contributed by atoms with Crippen molar-refractivity contribution in [2.45, 2.75) is 45.7 Å². The van der Waals surface area contributed by atoms with Crippen LogP contribution in [0.25, 0.3) is 0 Å². The second-order valence-electron chi connectivity index (χ2n) is 5.13. The maximum Gasteiger partial charge on any atom is 0.240 e. The van der Waals surface area contributed by atoms with Crippen LogP contribution in [0.4, 0.5) is 0 Å². The third-order valence-corrected chi connectivity index (χ3v) is 3.60. The number of likely N-dealkylation sites (N-methyl/N-ethyl adjacent to an activating group) is 1. The number of aromatic nitrogens is 1. The molecule has 1 N–H and O–H groups in total. The Morgan fingerprint density at radius 1 is 1.47 bits per heavy atom. The van der Waals surface area contributed by atoms with Gasteiger partial charge in [0.25, 0.3) is 0 Å². The van der Waals surface area contributed by atoms with E-state index in [1.807, 2.05) is 36.9 Å². The van der Waals surface area contributed by atoms with Gasteiger partial charge in [-0.05, 0) is 45.4 Å². The van der Waals surface area contributed by atoms with Crippen LogP contribution in [0.5, 0.6) is 0 Å². The first-order chi connectivity index (χ1) is 9.20. The first-order valence-corrected chi connectivity index (χ1v) is 7.15. The van der Waals surface area contributed by atoms with Crippen molar-refractivity contribution in [3.63, 3.8) is 0 Å². The van der Waals surface area contributed by atoms with Gasteiger partial charge in [-0.3, -0.25) is 9.78 Å². The topological polar surface area (TPSA) is 45.2 Å². The predicted octanol–water partition coefficient (Wildman–Crippen LogP) is 1.88. The van der Waals surface area contributed by atoms with E-state index in [2.05, 4.69) is 10.3 Å². The zero-order valence-electron chi connectivity index (χ0n) is 11.9. The van der Waals surface area contributed by atoms with E-state index >= 15 is 0 Å². The van der Waals surface area contributed by atoms with Crippen LogP contribution in [0.15, 0.2) is 18.2 Å². The molecule has 1 atom stereocenters. The maximum atomic E-state index is 12.5. The number of nitrogens with zero attached hydrogens (tertiary/aromatic N) is 2. The van der Waals surface area contributed by atoms with Gasteiger partial charge in [0.2, 0.25) is 5.91 Å². The molecule has 0 radical (unpaired) electrons. The summed E-state index contributed by atoms with van der Waals surface area (Å²) in [5.41, 5.74) is 1.96. The number of nitrogens with one attached hydrogen (secondary N) is 1. The Labute approximate surface area is 115 Å². The number of carbonyl (C=O) groups excluding carboxylic acids is 1. The monoisotopic (exact) mass is 261 g/mol. The molecule has 0 saturated carbocycles. The van der Waals surface area contributed by atoms with E-state index in [0.29, 0.717) is 6.54 Å². The predicted molar refractivity (Wildman–Crippen MR) is 75.7 cm³/mol. The fraction of sp³-hybridized carbons (Fsp3) is 0.600. The summed E-state index contributed by atoms with van der Waals surface area (Å²) >= 11 is 0. The van der Waals surface area contributed by atoms with E-state index in [1.165, 1.54) is 6.42 Å². The second kappa shape index (κ2) is 6.66. The molecular formula is C15H23N3O. The molecule has 4 heteroatoms. The van der Waals surface area contributed by atoms with E-state index in [1.54, 1.807) is 0 Å². The molecule has 0 spiro atoms. The van der Waals surface area contributed by atoms with Crippen LogP contribution in [0.1, 0.15) is 37.6 Å². The van der Waals surface area contributed by atoms with Gasteiger partial charge in [0.05, 0.1) is 18.3 Å². The Hall–Kier alpha value is -1.42. The standard InChI is InChI=1S/C15H23N3O/c1-3-18(11-13-8-6-7-12(2)17-13)15(19)14-9-4-5-10-16-14/h6-8,14,16H,3-5,9-11H2,1-2H3. The van der Waals surface area contributed by atoms with Crippen molar-refractivity contribution >= 4 is 5.91 Å². The molecule has 4 nitrogen and oxygen atoms in total. The fourth-order valence-electron chi connectivity index (χ4n) is 2.51. The van der Waals surface area contributed by atoms with E-state index in [0.717, 1.165) is 37.3 Å². The average molecular weight is 261 g/mol. The van der Waals surface area contributed by atoms with E-state index < -0.39 is 0 Å². The minimum Gasteiger partial charge on any atom is -0.336 e. The summed E-state index contributed by atoms with van der Waals surface area (Å²) in [4.78, 5) is 18.8. The van der Waals surface area contributed by atoms with Crippen LogP contribution in [0.2, 0.25) is 0 Å². The molecule has 0 aromatic carbocycles. The van der Waals surface area contributed by atoms with Gasteiger partial charge >= 0.3 is 0 Å². The summed E-state index contributed by atoms with van der Waals surface area (Å²) in [6, 6.07) is 5.95. The summed E-state index contributed by atoms with van der Waals surface area (Å²) in [7, 11) is 0. The van der Waals surface area contributed by atoms with Gasteiger partial charge in [-0.2, -0.15) is 0 Å². The second-order valence-corrected chi connectivity index (χ2v) is 5.13. The summed E-state index contributed by atoms with van der Waals surface area (Å²) < 4.78 is 0. The van der Waals surface area contributed by atoms with Crippen molar-refractivity contribution in [1.29, 1.82) is 0 Å². The largest absolute Gasteiger partial charge is 0.336 e. The number of carbonyl (C=O) groups is 1. The molecule has 1 unspecified atom stereocenters. The number of aryl methyl sites for hydroxylation is 1. The summed E-state index contributed by atoms with van der Waals surface area (Å²) in [5, 5.41) is 3.32. The van der Waals surface area contributed by atoms with Gasteiger partial charge in [-0.1, -0.05) is 12.5 Å². The van der Waals surface area contributed by atoms with Crippen LogP contribution in [0.3, 0.4) is 0 Å². The number of hydrogen-bond acceptors (Lipinski definition) is 3. The Morgan fingerprint density at radius 3 is 2.95 bits per heavy atom. The highest BCUT2D eigenvalue weighted by Gasteiger charge is 2.24. The highest BCUT2D eigenvalue weighted by Crippen LogP contribution is 2.12. The molecule has 1 aromatic rings. The van der Waals surface area contributed by atoms with Crippen molar-refractivity contribution in [2.75, 3.05) is 13.1 Å². The van der Waals surface area contributed by atoms with Gasteiger partial charge in [-0.15, -0.1) is 0 Å². The fourth-order valence-corrected chi connectivity index (χ4v) is 2.51. The van der Waals surface area contributed by atoms with Crippen LogP contribution in [-0.2, 0) is 11.3 Å². The normalized spacial score (nSPS) is 19.2. The lowest BCUT2D eigenvalue weighted by Gasteiger charge is -2.29. The molecule has 1 aliphatic rings. The quantitative estimate of drug-likeness (QED) is 0.900. The van der Waals surface area contributed by atoms with Gasteiger partial charge in [-0.25, -0.2) is 0 Å². The molecule has 104 valence electrons. The average Bonchev–Trinajstić information content (AvgIpc) is 2.45. The molecule has 1 amide bonds. The van der Waals surface area contributed by atoms with Gasteiger partial charge < -0.3 is 10.2 Å². The Morgan fingerprint density at radius 2 is 2.32 bits per heavy atom. The first-order valence-electron chi connectivity index (χ1n) is 7.15. The van der Waals surface area contributed by atoms with Crippen LogP contribution >= 0.6 is 0 Å². The molecule has 1 saturated heterocycles. The Kier molecular flexibility index (Phi) is 4.91. The molecule has 2 rings (SSSR count). The van der Waals surface area contributed by atoms with Crippen molar-refractivity contribution in [2.24, 2.45) is 0 Å². The summed E-state index contributed by atoms with van der Waals surface area (Å²) in [6.45, 7) is 6.29. The summed E-state index contributed by atoms with van der Waals surface area (Å²) in [5.74, 6) is 0.213. The van der Waals surface area contributed by atoms with E-state index in [4.69, 9.17) is 0 Å². The molecule has 19 heavy (non-hydrogen) atoms. The molecule has 1 fully saturated rings. The third kappa shape index (κ3) is 3.77. The van der Waals surface area contributed by atoms with Gasteiger partial charge in [0.15, 0.2) is 0 Å². The van der Waals surface area contributed by atoms with Crippen molar-refractivity contribution in [3.05, 3.63) is 29.6 Å². The maximum absolute atomic E-state index is 12.5. The molecule has 0 aliphatic carbocycles. The third-order valence-electron chi connectivity index (χ3n) is 3.60. The molecule has 1 aromatic heterocycles. The van der Waals surface area contributed by atoms with Crippen LogP contribution in [-0.4, -0.2) is 34.9 Å². The number of pyridine rings is 1. The lowest BCUT2D eigenvalue weighted by molar-refractivity contribution is -0.134. The molecule has 1 aliphatic heterocycles. The highest BCUT2D eigenvalue weighted by molar-refractivity contribution is 5.81. The molecule has 2 heterocycles. The number of piperidine rings is 1. The van der Waals surface area contributed by atoms with Crippen molar-refractivity contribution < 1.29 is 4.79 Å². The van der Waals surface area contributed by atoms with E-state index in [-0.39, 0.29) is 11.9 Å². The van der Waals surface area contributed by atoms with Crippen LogP contribution in [0, 0.1) is 6.92 Å². The lowest BCUT2D eigenvalue weighted by atomic mass is 10.0. The van der Waals surface area contributed by atoms with Crippen LogP contribution < -0.4 is 5.32 Å². The lowest BCUT2D eigenvalue weighted by Crippen LogP contribution is -2.48. The minimum absolute atomic E-state index is 0.00138. The number of rotatable bonds is 4. The van der Waals surface area contributed by atoms with E-state index in [9.17, 15) is 4.79 Å². The van der Waals surface area contributed by atoms with Gasteiger partial charge in [0.1, 0.15) is 0 Å². The molecular weight excluding hydrogens is 238 g/mol. The van der Waals surface area contributed by atoms with Gasteiger partial charge in [0, 0.05) is 12.2 Å². The minimum atomic E-state index is -0.00138. The number of hydrogen-bond donors (Lipinski definition) is 1. The molecule has 0 bridgehead atoms. The smallest absolute Gasteiger partial charge is 0.240 e. The zero-order valence-corrected chi connectivity index (χ0v) is 11.9. The highest BCUT2D eigenvalue weighted by atomic mass is 16.2. The first kappa shape index (κ1) is 14.0. The Bertz CT molecular complexity index is 427. The van der Waals surface area contributed by atoms with Crippen molar-refractivity contribution in [1.82, 2.24) is 15.2 Å². The van der Waals surface area contributed by atoms with Crippen molar-refractivity contribution in [3.8, 4) is 0 Å². The summed E-state index contributed by atoms with van der Waals surface area (Å²) in [6.07, 6.45) is 3.27. The zero-order chi connectivity index (χ0) is 13.7. The number of amides is 1. The Balaban J connectivity index is 2.00.